The van der Waals surface area contributed by atoms with E-state index in [-0.39, 0.29) is 69.7 Å². The van der Waals surface area contributed by atoms with Gasteiger partial charge in [-0.05, 0) is 131 Å². The van der Waals surface area contributed by atoms with Gasteiger partial charge < -0.3 is 60.3 Å². The van der Waals surface area contributed by atoms with Crippen molar-refractivity contribution in [3.63, 3.8) is 0 Å². The minimum atomic E-state index is -4.74. The lowest BCUT2D eigenvalue weighted by molar-refractivity contribution is -0.150. The van der Waals surface area contributed by atoms with Gasteiger partial charge in [-0.15, -0.1) is 0 Å². The fraction of sp³-hybridized carbons (Fsp3) is 0.638. The Morgan fingerprint density at radius 2 is 1.33 bits per heavy atom. The quantitative estimate of drug-likeness (QED) is 0.219. The number of hydrogen-bond acceptors (Lipinski definition) is 13. The molecule has 4 N–H and O–H groups in total. The maximum Gasteiger partial charge on any atom is 0.417 e. The van der Waals surface area contributed by atoms with Crippen molar-refractivity contribution >= 4 is 88.2 Å². The molecule has 544 valence electrons. The van der Waals surface area contributed by atoms with E-state index < -0.39 is 156 Å². The van der Waals surface area contributed by atoms with Gasteiger partial charge in [-0.3, -0.25) is 57.6 Å². The van der Waals surface area contributed by atoms with Crippen LogP contribution < -0.4 is 16.0 Å². The molecule has 11 amide bonds. The summed E-state index contributed by atoms with van der Waals surface area (Å²) in [5, 5.41) is 20.5. The average Bonchev–Trinajstić information content (AvgIpc) is 1.59. The standard InChI is InChI=1S/C69H101Cl2F3N12O12/c1-14-44(6)60-67(97)80(9)40-58(90)78(7)41-59(91)82(11)53(37-46-22-20-23-47(70)35-46)65(95)79(8)39-55(87)76-50(29-27-45-26-28-48(49(71)36-45)69(72,73)74)64(94)86-33-21-24-51(86)62(92)75-30-17-16-25-56(88)84(13)61(43(4)5)68(98)83(12)54(66(96)85-31-18-15-19-32-85)38-57(89)81(10)52(34-42(2)3)63(93)77-60/h20,22-23,26,28,35-36,42,44,50-54,60,64,94H,14-19,21,24-25,27,29-34,37-41H2,1-13H3,(H,75,92)(H,76,87)(H,77,93)/t44-,50-,51-,52-,53-,54-,60?,64?/m0/s1. The van der Waals surface area contributed by atoms with Gasteiger partial charge in [0.25, 0.3) is 5.91 Å². The van der Waals surface area contributed by atoms with Gasteiger partial charge in [-0.25, -0.2) is 0 Å². The first-order valence-corrected chi connectivity index (χ1v) is 34.4. The minimum absolute atomic E-state index is 0.0150. The van der Waals surface area contributed by atoms with Crippen LogP contribution in [0.4, 0.5) is 13.2 Å². The van der Waals surface area contributed by atoms with Crippen molar-refractivity contribution in [3.8, 4) is 0 Å². The van der Waals surface area contributed by atoms with E-state index in [1.807, 2.05) is 20.8 Å². The van der Waals surface area contributed by atoms with Crippen molar-refractivity contribution in [2.45, 2.75) is 180 Å². The third-order valence-electron chi connectivity index (χ3n) is 18.7. The highest BCUT2D eigenvalue weighted by Gasteiger charge is 2.43. The zero-order chi connectivity index (χ0) is 73.2. The van der Waals surface area contributed by atoms with Crippen molar-refractivity contribution in [1.82, 2.24) is 60.0 Å². The largest absolute Gasteiger partial charge is 0.417 e. The van der Waals surface area contributed by atoms with Gasteiger partial charge in [0.15, 0.2) is 0 Å². The molecule has 5 rings (SSSR count). The number of halogens is 5. The number of hydrogen-bond donors (Lipinski definition) is 4. The number of likely N-dealkylation sites (tertiary alicyclic amines) is 1. The number of carbonyl (C=O) groups is 11. The number of allylic oxidation sites excluding steroid dienone is 1. The highest BCUT2D eigenvalue weighted by atomic mass is 35.5. The molecule has 29 heteroatoms. The molecular weight excluding hydrogens is 1320 g/mol. The van der Waals surface area contributed by atoms with E-state index in [0.29, 0.717) is 66.9 Å². The van der Waals surface area contributed by atoms with Gasteiger partial charge in [-0.2, -0.15) is 13.2 Å². The van der Waals surface area contributed by atoms with Crippen LogP contribution in [0.5, 0.6) is 0 Å². The molecule has 3 aliphatic rings. The number of amides is 11. The first-order valence-electron chi connectivity index (χ1n) is 33.7. The molecule has 3 saturated heterocycles. The predicted octanol–water partition coefficient (Wildman–Crippen LogP) is 5.34. The van der Waals surface area contributed by atoms with Crippen molar-refractivity contribution in [2.24, 2.45) is 11.8 Å². The van der Waals surface area contributed by atoms with Crippen LogP contribution in [-0.2, 0) is 71.8 Å². The van der Waals surface area contributed by atoms with Crippen LogP contribution in [0.25, 0.3) is 0 Å². The number of alkyl halides is 3. The van der Waals surface area contributed by atoms with Crippen LogP contribution in [0.2, 0.25) is 10.0 Å². The van der Waals surface area contributed by atoms with E-state index in [9.17, 15) is 71.0 Å². The Balaban J connectivity index is 1.52. The Morgan fingerprint density at radius 3 is 1.94 bits per heavy atom. The third kappa shape index (κ3) is 22.3. The Labute approximate surface area is 584 Å². The molecule has 2 aromatic rings. The Bertz CT molecular complexity index is 3220. The molecule has 3 aliphatic heterocycles. The second-order valence-electron chi connectivity index (χ2n) is 26.9. The first-order chi connectivity index (χ1) is 46.0. The zero-order valence-electron chi connectivity index (χ0n) is 58.9. The van der Waals surface area contributed by atoms with Crippen LogP contribution >= 0.6 is 23.2 Å². The van der Waals surface area contributed by atoms with Crippen LogP contribution in [0, 0.1) is 11.8 Å². The number of carbonyl (C=O) groups excluding carboxylic acids is 11. The average molecular weight is 1420 g/mol. The second kappa shape index (κ2) is 37.2. The molecule has 0 aromatic heterocycles. The number of nitrogens with zero attached hydrogens (tertiary/aromatic N) is 9. The van der Waals surface area contributed by atoms with Crippen molar-refractivity contribution in [3.05, 3.63) is 80.5 Å². The number of benzene rings is 2. The normalized spacial score (nSPS) is 24.2. The van der Waals surface area contributed by atoms with Gasteiger partial charge in [0.1, 0.15) is 36.1 Å². The molecule has 0 spiro atoms. The molecule has 98 heavy (non-hydrogen) atoms. The van der Waals surface area contributed by atoms with Gasteiger partial charge in [-0.1, -0.05) is 75.5 Å². The number of aryl methyl sites for hydroxylation is 1. The zero-order valence-corrected chi connectivity index (χ0v) is 60.5. The number of fused-ring (bicyclic) bond motifs is 1. The number of aliphatic hydroxyl groups is 1. The van der Waals surface area contributed by atoms with Gasteiger partial charge in [0.2, 0.25) is 59.1 Å². The van der Waals surface area contributed by atoms with Crippen molar-refractivity contribution in [1.29, 1.82) is 0 Å². The molecule has 24 nitrogen and oxygen atoms in total. The number of nitrogens with one attached hydrogen (secondary N) is 3. The maximum absolute atomic E-state index is 14.8. The number of aliphatic hydroxyl groups excluding tert-OH is 1. The lowest BCUT2D eigenvalue weighted by Crippen LogP contribution is -2.58. The number of likely N-dealkylation sites (N-methyl/N-ethyl adjacent to an activating group) is 7. The highest BCUT2D eigenvalue weighted by Crippen LogP contribution is 2.36. The molecule has 2 aromatic carbocycles. The number of piperidine rings is 1. The van der Waals surface area contributed by atoms with Crippen LogP contribution in [-0.4, -0.2) is 252 Å². The molecule has 8 atom stereocenters. The first kappa shape index (κ1) is 81.3. The van der Waals surface area contributed by atoms with E-state index in [1.54, 1.807) is 49.9 Å². The fourth-order valence-corrected chi connectivity index (χ4v) is 13.0. The SMILES string of the molecule is CC[C@H](C)C1NC(=O)[C@H](CC(C)C)N(C)C(=O)C[C@@H](C(=O)N2CCCCC2)N(C)C(=O)C(=C(C)C)N(C)C(=O)CCCCNC(=O)[C@@H]2CCCN2C(O)[C@H](CCc2ccc(C(F)(F)F)c(Cl)c2)NC(=O)CN(C)C(=O)[C@H](Cc2cccc(Cl)c2)N(C)C(=O)CN(C)C(=O)CN(C)C1=O. The summed E-state index contributed by atoms with van der Waals surface area (Å²) in [5.41, 5.74) is 0.207. The summed E-state index contributed by atoms with van der Waals surface area (Å²) in [7, 11) is 9.61. The predicted molar refractivity (Wildman–Crippen MR) is 364 cm³/mol. The monoisotopic (exact) mass is 1420 g/mol. The fourth-order valence-electron chi connectivity index (χ4n) is 12.5. The second-order valence-corrected chi connectivity index (χ2v) is 27.8. The van der Waals surface area contributed by atoms with Crippen molar-refractivity contribution < 1.29 is 71.0 Å². The molecule has 0 aliphatic carbocycles. The highest BCUT2D eigenvalue weighted by molar-refractivity contribution is 6.31. The van der Waals surface area contributed by atoms with Crippen LogP contribution in [0.1, 0.15) is 135 Å². The van der Waals surface area contributed by atoms with Gasteiger partial charge in [0.05, 0.1) is 48.7 Å². The lowest BCUT2D eigenvalue weighted by atomic mass is 9.95. The summed E-state index contributed by atoms with van der Waals surface area (Å²) in [6.07, 6.45) is -3.11. The Hall–Kier alpha value is -7.36. The van der Waals surface area contributed by atoms with E-state index in [4.69, 9.17) is 23.2 Å². The van der Waals surface area contributed by atoms with Gasteiger partial charge >= 0.3 is 6.18 Å². The maximum atomic E-state index is 14.8. The van der Waals surface area contributed by atoms with E-state index in [2.05, 4.69) is 16.0 Å². The Kier molecular flexibility index (Phi) is 30.8. The summed E-state index contributed by atoms with van der Waals surface area (Å²) in [6, 6.07) is 2.49. The molecular formula is C69H101Cl2F3N12O12. The smallest absolute Gasteiger partial charge is 0.376 e. The Morgan fingerprint density at radius 1 is 0.684 bits per heavy atom. The molecule has 0 radical (unpaired) electrons. The summed E-state index contributed by atoms with van der Waals surface area (Å²) in [5.74, 6) is -7.77. The summed E-state index contributed by atoms with van der Waals surface area (Å²) in [4.78, 5) is 170. The van der Waals surface area contributed by atoms with E-state index >= 15 is 0 Å². The molecule has 2 unspecified atom stereocenters. The summed E-state index contributed by atoms with van der Waals surface area (Å²) in [6.45, 7) is 9.77. The summed E-state index contributed by atoms with van der Waals surface area (Å²) < 4.78 is 41.2. The molecule has 3 heterocycles. The lowest BCUT2D eigenvalue weighted by Gasteiger charge is -2.37. The van der Waals surface area contributed by atoms with E-state index in [0.717, 1.165) is 43.1 Å². The van der Waals surface area contributed by atoms with Crippen LogP contribution in [0.3, 0.4) is 0 Å². The van der Waals surface area contributed by atoms with E-state index in [1.165, 1.54) is 70.1 Å². The molecule has 0 saturated carbocycles. The summed E-state index contributed by atoms with van der Waals surface area (Å²) >= 11 is 12.5. The molecule has 3 fully saturated rings. The number of rotatable bonds is 10. The molecule has 0 bridgehead atoms. The topological polar surface area (TPSA) is 273 Å². The third-order valence-corrected chi connectivity index (χ3v) is 19.3. The van der Waals surface area contributed by atoms with Crippen molar-refractivity contribution in [2.75, 3.05) is 95.1 Å². The minimum Gasteiger partial charge on any atom is -0.376 e. The van der Waals surface area contributed by atoms with Gasteiger partial charge in [0, 0.05) is 93.4 Å². The van der Waals surface area contributed by atoms with Crippen LogP contribution in [0.15, 0.2) is 53.7 Å².